The number of para-hydroxylation sites is 2. The van der Waals surface area contributed by atoms with Crippen LogP contribution in [0.4, 0.5) is 0 Å². The van der Waals surface area contributed by atoms with Gasteiger partial charge in [0.05, 0.1) is 11.2 Å². The van der Waals surface area contributed by atoms with Gasteiger partial charge in [-0.05, 0) is 18.2 Å². The fourth-order valence-electron chi connectivity index (χ4n) is 3.15. The molecule has 3 aromatic carbocycles. The predicted octanol–water partition coefficient (Wildman–Crippen LogP) is 5.35. The number of fused-ring (bicyclic) bond motifs is 1. The summed E-state index contributed by atoms with van der Waals surface area (Å²) in [7, 11) is 0. The highest BCUT2D eigenvalue weighted by Gasteiger charge is 2.17. The Morgan fingerprint density at radius 1 is 0.731 bits per heavy atom. The van der Waals surface area contributed by atoms with Gasteiger partial charge in [-0.2, -0.15) is 5.10 Å². The Morgan fingerprint density at radius 3 is 2.23 bits per heavy atom. The van der Waals surface area contributed by atoms with E-state index in [2.05, 4.69) is 17.3 Å². The van der Waals surface area contributed by atoms with Gasteiger partial charge in [0.25, 0.3) is 0 Å². The Balaban J connectivity index is 1.68. The van der Waals surface area contributed by atoms with Crippen molar-refractivity contribution in [2.45, 2.75) is 0 Å². The molecule has 0 N–H and O–H groups in total. The van der Waals surface area contributed by atoms with Gasteiger partial charge in [-0.3, -0.25) is 0 Å². The zero-order valence-corrected chi connectivity index (χ0v) is 13.9. The molecule has 4 nitrogen and oxygen atoms in total. The van der Waals surface area contributed by atoms with Crippen molar-refractivity contribution >= 4 is 10.9 Å². The molecule has 0 saturated carbocycles. The molecule has 0 aliphatic heterocycles. The SMILES string of the molecule is c1ccc(-c2cc(-c3nn(-c4ccccc4)c4ccccc34)no2)cc1. The van der Waals surface area contributed by atoms with E-state index in [1.54, 1.807) is 0 Å². The van der Waals surface area contributed by atoms with E-state index in [-0.39, 0.29) is 0 Å². The van der Waals surface area contributed by atoms with Gasteiger partial charge in [-0.25, -0.2) is 4.68 Å². The van der Waals surface area contributed by atoms with E-state index in [1.165, 1.54) is 0 Å². The summed E-state index contributed by atoms with van der Waals surface area (Å²) in [5, 5.41) is 10.1. The summed E-state index contributed by atoms with van der Waals surface area (Å²) in [6.07, 6.45) is 0. The molecule has 0 unspecified atom stereocenters. The maximum Gasteiger partial charge on any atom is 0.167 e. The molecule has 0 radical (unpaired) electrons. The van der Waals surface area contributed by atoms with Crippen molar-refractivity contribution in [1.82, 2.24) is 14.9 Å². The van der Waals surface area contributed by atoms with Crippen LogP contribution in [0.1, 0.15) is 0 Å². The Morgan fingerprint density at radius 2 is 1.42 bits per heavy atom. The summed E-state index contributed by atoms with van der Waals surface area (Å²) < 4.78 is 7.52. The zero-order valence-electron chi connectivity index (χ0n) is 13.9. The number of aromatic nitrogens is 3. The van der Waals surface area contributed by atoms with Crippen LogP contribution in [0.3, 0.4) is 0 Å². The number of benzene rings is 3. The Kier molecular flexibility index (Phi) is 3.39. The Labute approximate surface area is 150 Å². The quantitative estimate of drug-likeness (QED) is 0.446. The number of rotatable bonds is 3. The van der Waals surface area contributed by atoms with Gasteiger partial charge >= 0.3 is 0 Å². The van der Waals surface area contributed by atoms with E-state index >= 15 is 0 Å². The van der Waals surface area contributed by atoms with Crippen LogP contribution in [0.2, 0.25) is 0 Å². The summed E-state index contributed by atoms with van der Waals surface area (Å²) >= 11 is 0. The van der Waals surface area contributed by atoms with Gasteiger partial charge in [-0.1, -0.05) is 71.9 Å². The second-order valence-electron chi connectivity index (χ2n) is 6.06. The maximum atomic E-state index is 5.57. The first-order chi connectivity index (χ1) is 12.9. The highest BCUT2D eigenvalue weighted by atomic mass is 16.5. The van der Waals surface area contributed by atoms with Gasteiger partial charge in [0.2, 0.25) is 0 Å². The molecular formula is C22H15N3O. The lowest BCUT2D eigenvalue weighted by molar-refractivity contribution is 0.434. The summed E-state index contributed by atoms with van der Waals surface area (Å²) in [5.41, 5.74) is 4.60. The summed E-state index contributed by atoms with van der Waals surface area (Å²) in [5.74, 6) is 0.735. The van der Waals surface area contributed by atoms with Crippen molar-refractivity contribution in [2.24, 2.45) is 0 Å². The van der Waals surface area contributed by atoms with Crippen molar-refractivity contribution in [3.05, 3.63) is 91.0 Å². The van der Waals surface area contributed by atoms with Crippen LogP contribution in [-0.4, -0.2) is 14.9 Å². The maximum absolute atomic E-state index is 5.57. The van der Waals surface area contributed by atoms with Crippen LogP contribution >= 0.6 is 0 Å². The monoisotopic (exact) mass is 337 g/mol. The fraction of sp³-hybridized carbons (Fsp3) is 0. The van der Waals surface area contributed by atoms with Gasteiger partial charge in [0.1, 0.15) is 11.4 Å². The standard InChI is InChI=1S/C22H15N3O/c1-3-9-16(10-4-1)21-15-19(24-26-21)22-18-13-7-8-14-20(18)25(23-22)17-11-5-2-6-12-17/h1-15H. The van der Waals surface area contributed by atoms with Crippen molar-refractivity contribution in [1.29, 1.82) is 0 Å². The lowest BCUT2D eigenvalue weighted by Crippen LogP contribution is -1.95. The lowest BCUT2D eigenvalue weighted by Gasteiger charge is -2.01. The molecule has 0 bridgehead atoms. The number of hydrogen-bond acceptors (Lipinski definition) is 3. The minimum atomic E-state index is 0.731. The molecule has 0 spiro atoms. The average Bonchev–Trinajstić information content (AvgIpc) is 3.34. The third kappa shape index (κ3) is 2.40. The topological polar surface area (TPSA) is 43.9 Å². The summed E-state index contributed by atoms with van der Waals surface area (Å²) in [4.78, 5) is 0. The molecular weight excluding hydrogens is 322 g/mol. The van der Waals surface area contributed by atoms with Crippen molar-refractivity contribution in [2.75, 3.05) is 0 Å². The van der Waals surface area contributed by atoms with Gasteiger partial charge < -0.3 is 4.52 Å². The Bertz CT molecular complexity index is 1170. The molecule has 0 amide bonds. The second kappa shape index (κ2) is 6.01. The lowest BCUT2D eigenvalue weighted by atomic mass is 10.1. The van der Waals surface area contributed by atoms with Crippen LogP contribution in [0.15, 0.2) is 95.5 Å². The Hall–Kier alpha value is -3.66. The number of nitrogens with zero attached hydrogens (tertiary/aromatic N) is 3. The smallest absolute Gasteiger partial charge is 0.167 e. The zero-order chi connectivity index (χ0) is 17.3. The van der Waals surface area contributed by atoms with Crippen LogP contribution < -0.4 is 0 Å². The van der Waals surface area contributed by atoms with E-state index in [0.717, 1.165) is 39.3 Å². The first kappa shape index (κ1) is 14.7. The molecule has 26 heavy (non-hydrogen) atoms. The molecule has 5 rings (SSSR count). The molecule has 2 heterocycles. The molecule has 0 saturated heterocycles. The molecule has 0 aliphatic carbocycles. The van der Waals surface area contributed by atoms with Crippen LogP contribution in [0.25, 0.3) is 39.3 Å². The summed E-state index contributed by atoms with van der Waals surface area (Å²) in [6, 6.07) is 30.2. The van der Waals surface area contributed by atoms with Gasteiger partial charge in [0, 0.05) is 17.0 Å². The van der Waals surface area contributed by atoms with E-state index < -0.39 is 0 Å². The second-order valence-corrected chi connectivity index (χ2v) is 6.06. The van der Waals surface area contributed by atoms with Crippen LogP contribution in [0, 0.1) is 0 Å². The fourth-order valence-corrected chi connectivity index (χ4v) is 3.15. The minimum Gasteiger partial charge on any atom is -0.356 e. The first-order valence-electron chi connectivity index (χ1n) is 8.46. The summed E-state index contributed by atoms with van der Waals surface area (Å²) in [6.45, 7) is 0. The molecule has 4 heteroatoms. The number of hydrogen-bond donors (Lipinski definition) is 0. The normalized spacial score (nSPS) is 11.1. The van der Waals surface area contributed by atoms with Crippen molar-refractivity contribution in [3.8, 4) is 28.4 Å². The van der Waals surface area contributed by atoms with E-state index in [1.807, 2.05) is 83.5 Å². The third-order valence-corrected chi connectivity index (χ3v) is 4.40. The minimum absolute atomic E-state index is 0.731. The first-order valence-corrected chi connectivity index (χ1v) is 8.46. The van der Waals surface area contributed by atoms with E-state index in [0.29, 0.717) is 0 Å². The molecule has 124 valence electrons. The highest BCUT2D eigenvalue weighted by molar-refractivity contribution is 5.93. The largest absolute Gasteiger partial charge is 0.356 e. The van der Waals surface area contributed by atoms with Gasteiger partial charge in [0.15, 0.2) is 5.76 Å². The highest BCUT2D eigenvalue weighted by Crippen LogP contribution is 2.31. The van der Waals surface area contributed by atoms with Crippen molar-refractivity contribution < 1.29 is 4.52 Å². The molecule has 2 aromatic heterocycles. The molecule has 0 atom stereocenters. The van der Waals surface area contributed by atoms with Crippen molar-refractivity contribution in [3.63, 3.8) is 0 Å². The van der Waals surface area contributed by atoms with E-state index in [9.17, 15) is 0 Å². The van der Waals surface area contributed by atoms with Crippen LogP contribution in [-0.2, 0) is 0 Å². The van der Waals surface area contributed by atoms with Gasteiger partial charge in [-0.15, -0.1) is 0 Å². The molecule has 5 aromatic rings. The average molecular weight is 337 g/mol. The predicted molar refractivity (Wildman–Crippen MR) is 102 cm³/mol. The molecule has 0 fully saturated rings. The van der Waals surface area contributed by atoms with Crippen LogP contribution in [0.5, 0.6) is 0 Å². The third-order valence-electron chi connectivity index (χ3n) is 4.40. The molecule has 0 aliphatic rings. The van der Waals surface area contributed by atoms with E-state index in [4.69, 9.17) is 9.62 Å².